The molecule has 0 bridgehead atoms. The number of aliphatic carboxylic acids is 1. The van der Waals surface area contributed by atoms with Crippen LogP contribution in [-0.4, -0.2) is 24.2 Å². The monoisotopic (exact) mass is 230 g/mol. The molecule has 2 N–H and O–H groups in total. The summed E-state index contributed by atoms with van der Waals surface area (Å²) in [6.45, 7) is 1.28. The average molecular weight is 230 g/mol. The first-order chi connectivity index (χ1) is 8.19. The molecule has 4 heteroatoms. The minimum absolute atomic E-state index is 0.428. The summed E-state index contributed by atoms with van der Waals surface area (Å²) in [5.74, 6) is -0.820. The predicted octanol–water partition coefficient (Wildman–Crippen LogP) is 1.26. The third-order valence-corrected chi connectivity index (χ3v) is 3.34. The molecule has 1 heterocycles. The molecule has 88 valence electrons. The number of nitriles is 1. The lowest BCUT2D eigenvalue weighted by molar-refractivity contribution is -0.144. The summed E-state index contributed by atoms with van der Waals surface area (Å²) in [5, 5.41) is 21.5. The van der Waals surface area contributed by atoms with Crippen LogP contribution in [0.3, 0.4) is 0 Å². The lowest BCUT2D eigenvalue weighted by Crippen LogP contribution is -2.49. The number of carboxylic acids is 1. The molecule has 0 saturated carbocycles. The van der Waals surface area contributed by atoms with Crippen molar-refractivity contribution in [2.75, 3.05) is 13.1 Å². The van der Waals surface area contributed by atoms with Gasteiger partial charge in [-0.1, -0.05) is 12.1 Å². The van der Waals surface area contributed by atoms with E-state index in [2.05, 4.69) is 5.32 Å². The Morgan fingerprint density at radius 1 is 1.53 bits per heavy atom. The highest BCUT2D eigenvalue weighted by Crippen LogP contribution is 2.32. The minimum Gasteiger partial charge on any atom is -0.481 e. The summed E-state index contributed by atoms with van der Waals surface area (Å²) < 4.78 is 0. The van der Waals surface area contributed by atoms with Crippen LogP contribution in [0.4, 0.5) is 0 Å². The first-order valence-corrected chi connectivity index (χ1v) is 5.64. The van der Waals surface area contributed by atoms with Crippen LogP contribution < -0.4 is 5.32 Å². The topological polar surface area (TPSA) is 73.1 Å². The van der Waals surface area contributed by atoms with E-state index in [1.165, 1.54) is 0 Å². The van der Waals surface area contributed by atoms with Gasteiger partial charge in [0.25, 0.3) is 0 Å². The highest BCUT2D eigenvalue weighted by Gasteiger charge is 2.41. The zero-order valence-corrected chi connectivity index (χ0v) is 9.44. The van der Waals surface area contributed by atoms with E-state index in [0.717, 1.165) is 18.5 Å². The van der Waals surface area contributed by atoms with E-state index in [1.807, 2.05) is 6.07 Å². The van der Waals surface area contributed by atoms with Crippen molar-refractivity contribution in [2.45, 2.75) is 18.3 Å². The summed E-state index contributed by atoms with van der Waals surface area (Å²) in [5.41, 5.74) is 0.343. The number of rotatable bonds is 2. The molecule has 1 aliphatic rings. The van der Waals surface area contributed by atoms with Crippen molar-refractivity contribution >= 4 is 5.97 Å². The summed E-state index contributed by atoms with van der Waals surface area (Å²) in [4.78, 5) is 11.6. The fourth-order valence-corrected chi connectivity index (χ4v) is 2.34. The molecule has 0 amide bonds. The third-order valence-electron chi connectivity index (χ3n) is 3.34. The average Bonchev–Trinajstić information content (AvgIpc) is 2.39. The second-order valence-corrected chi connectivity index (χ2v) is 4.36. The van der Waals surface area contributed by atoms with Crippen molar-refractivity contribution in [1.82, 2.24) is 5.32 Å². The Bertz CT molecular complexity index is 471. The Morgan fingerprint density at radius 2 is 2.35 bits per heavy atom. The van der Waals surface area contributed by atoms with Crippen LogP contribution in [0, 0.1) is 11.3 Å². The maximum Gasteiger partial charge on any atom is 0.315 e. The Balaban J connectivity index is 2.45. The molecule has 1 fully saturated rings. The number of carbonyl (C=O) groups is 1. The number of hydrogen-bond donors (Lipinski definition) is 2. The molecule has 1 unspecified atom stereocenters. The van der Waals surface area contributed by atoms with Crippen molar-refractivity contribution in [1.29, 1.82) is 5.26 Å². The molecule has 1 aromatic carbocycles. The Labute approximate surface area is 99.9 Å². The number of benzene rings is 1. The van der Waals surface area contributed by atoms with E-state index in [-0.39, 0.29) is 0 Å². The number of hydrogen-bond acceptors (Lipinski definition) is 3. The summed E-state index contributed by atoms with van der Waals surface area (Å²) in [6.07, 6.45) is 1.45. The quantitative estimate of drug-likeness (QED) is 0.802. The lowest BCUT2D eigenvalue weighted by Gasteiger charge is -2.34. The lowest BCUT2D eigenvalue weighted by atomic mass is 9.74. The smallest absolute Gasteiger partial charge is 0.315 e. The van der Waals surface area contributed by atoms with Crippen LogP contribution in [0.1, 0.15) is 24.0 Å². The van der Waals surface area contributed by atoms with E-state index in [0.29, 0.717) is 18.5 Å². The minimum atomic E-state index is -0.884. The molecular formula is C13H14N2O2. The number of carboxylic acid groups (broad SMARTS) is 1. The van der Waals surface area contributed by atoms with Gasteiger partial charge in [-0.2, -0.15) is 5.26 Å². The first kappa shape index (κ1) is 11.6. The standard InChI is InChI=1S/C13H14N2O2/c14-8-10-3-1-4-11(7-10)13(12(16)17)5-2-6-15-9-13/h1,3-4,7,15H,2,5-6,9H2,(H,16,17). The van der Waals surface area contributed by atoms with Gasteiger partial charge in [0.2, 0.25) is 0 Å². The van der Waals surface area contributed by atoms with Gasteiger partial charge in [0.1, 0.15) is 5.41 Å². The van der Waals surface area contributed by atoms with E-state index >= 15 is 0 Å². The fraction of sp³-hybridized carbons (Fsp3) is 0.385. The van der Waals surface area contributed by atoms with Gasteiger partial charge in [0.05, 0.1) is 11.6 Å². The number of nitrogens with zero attached hydrogens (tertiary/aromatic N) is 1. The van der Waals surface area contributed by atoms with Crippen LogP contribution in [0.5, 0.6) is 0 Å². The van der Waals surface area contributed by atoms with Gasteiger partial charge in [-0.25, -0.2) is 0 Å². The molecule has 1 saturated heterocycles. The van der Waals surface area contributed by atoms with E-state index in [4.69, 9.17) is 5.26 Å². The highest BCUT2D eigenvalue weighted by atomic mass is 16.4. The van der Waals surface area contributed by atoms with Gasteiger partial charge in [0, 0.05) is 6.54 Å². The number of piperidine rings is 1. The summed E-state index contributed by atoms with van der Waals surface area (Å²) >= 11 is 0. The van der Waals surface area contributed by atoms with E-state index in [1.54, 1.807) is 24.3 Å². The second-order valence-electron chi connectivity index (χ2n) is 4.36. The summed E-state index contributed by atoms with van der Waals surface area (Å²) in [7, 11) is 0. The molecule has 0 aromatic heterocycles. The van der Waals surface area contributed by atoms with Gasteiger partial charge >= 0.3 is 5.97 Å². The highest BCUT2D eigenvalue weighted by molar-refractivity contribution is 5.82. The van der Waals surface area contributed by atoms with Crippen LogP contribution in [0.25, 0.3) is 0 Å². The molecule has 0 aliphatic carbocycles. The molecule has 2 rings (SSSR count). The molecular weight excluding hydrogens is 216 g/mol. The van der Waals surface area contributed by atoms with Gasteiger partial charge in [-0.05, 0) is 37.1 Å². The van der Waals surface area contributed by atoms with Gasteiger partial charge in [-0.15, -0.1) is 0 Å². The zero-order valence-electron chi connectivity index (χ0n) is 9.44. The Hall–Kier alpha value is -1.86. The van der Waals surface area contributed by atoms with Crippen molar-refractivity contribution in [2.24, 2.45) is 0 Å². The van der Waals surface area contributed by atoms with Gasteiger partial charge in [0.15, 0.2) is 0 Å². The molecule has 1 atom stereocenters. The van der Waals surface area contributed by atoms with Crippen molar-refractivity contribution < 1.29 is 9.90 Å². The Morgan fingerprint density at radius 3 is 2.94 bits per heavy atom. The third kappa shape index (κ3) is 2.02. The van der Waals surface area contributed by atoms with Gasteiger partial charge in [-0.3, -0.25) is 4.79 Å². The van der Waals surface area contributed by atoms with Gasteiger partial charge < -0.3 is 10.4 Å². The largest absolute Gasteiger partial charge is 0.481 e. The summed E-state index contributed by atoms with van der Waals surface area (Å²) in [6, 6.07) is 8.96. The SMILES string of the molecule is N#Cc1cccc(C2(C(=O)O)CCCNC2)c1. The van der Waals surface area contributed by atoms with Crippen molar-refractivity contribution in [3.8, 4) is 6.07 Å². The fourth-order valence-electron chi connectivity index (χ4n) is 2.34. The maximum atomic E-state index is 11.6. The van der Waals surface area contributed by atoms with E-state index in [9.17, 15) is 9.90 Å². The zero-order chi connectivity index (χ0) is 12.3. The maximum absolute atomic E-state index is 11.6. The molecule has 4 nitrogen and oxygen atoms in total. The molecule has 0 radical (unpaired) electrons. The molecule has 0 spiro atoms. The normalized spacial score (nSPS) is 23.9. The first-order valence-electron chi connectivity index (χ1n) is 5.64. The van der Waals surface area contributed by atoms with Crippen molar-refractivity contribution in [3.63, 3.8) is 0 Å². The molecule has 17 heavy (non-hydrogen) atoms. The van der Waals surface area contributed by atoms with Crippen molar-refractivity contribution in [3.05, 3.63) is 35.4 Å². The van der Waals surface area contributed by atoms with Crippen LogP contribution in [-0.2, 0) is 10.2 Å². The van der Waals surface area contributed by atoms with Crippen LogP contribution in [0.2, 0.25) is 0 Å². The molecule has 1 aliphatic heterocycles. The van der Waals surface area contributed by atoms with Crippen LogP contribution >= 0.6 is 0 Å². The van der Waals surface area contributed by atoms with E-state index < -0.39 is 11.4 Å². The molecule has 1 aromatic rings. The van der Waals surface area contributed by atoms with Crippen LogP contribution in [0.15, 0.2) is 24.3 Å². The Kier molecular flexibility index (Phi) is 3.12. The predicted molar refractivity (Wildman–Crippen MR) is 62.6 cm³/mol. The number of nitrogens with one attached hydrogen (secondary N) is 1. The second kappa shape index (κ2) is 4.56.